The Balaban J connectivity index is 0.992. The van der Waals surface area contributed by atoms with Crippen LogP contribution >= 0.6 is 0 Å². The van der Waals surface area contributed by atoms with Gasteiger partial charge in [0.15, 0.2) is 5.58 Å². The first-order valence-corrected chi connectivity index (χ1v) is 24.5. The van der Waals surface area contributed by atoms with Gasteiger partial charge in [0.1, 0.15) is 16.8 Å². The SMILES string of the molecule is c1ccc2c(c1)-c1cccc(-n3c4ccccc4c4c5c6cc7ccccc7cc6n(-c6nc(-c7ccc8ccccc8c7)c7oc8ccccc8c7n6)c5ccc43)c1C21C2CC3CC(C2)C1C3. The molecule has 4 bridgehead atoms. The third-order valence-corrected chi connectivity index (χ3v) is 17.4. The maximum absolute atomic E-state index is 6.69. The fraction of sp³-hybridized carbons (Fsp3) is 0.143. The zero-order valence-corrected chi connectivity index (χ0v) is 37.2. The summed E-state index contributed by atoms with van der Waals surface area (Å²) >= 11 is 0. The molecule has 5 atom stereocenters. The van der Waals surface area contributed by atoms with E-state index in [1.165, 1.54) is 91.2 Å². The van der Waals surface area contributed by atoms with E-state index < -0.39 is 0 Å². The number of benzene rings is 9. The van der Waals surface area contributed by atoms with Crippen LogP contribution in [-0.4, -0.2) is 19.1 Å². The second-order valence-corrected chi connectivity index (χ2v) is 20.5. The van der Waals surface area contributed by atoms with Crippen LogP contribution in [0.25, 0.3) is 121 Å². The molecule has 18 rings (SSSR count). The average Bonchev–Trinajstić information content (AvgIpc) is 4.20. The summed E-state index contributed by atoms with van der Waals surface area (Å²) in [5, 5.41) is 10.6. The zero-order chi connectivity index (χ0) is 44.0. The van der Waals surface area contributed by atoms with Gasteiger partial charge in [-0.1, -0.05) is 127 Å². The third-order valence-electron chi connectivity index (χ3n) is 17.4. The lowest BCUT2D eigenvalue weighted by atomic mass is 9.59. The van der Waals surface area contributed by atoms with Crippen molar-refractivity contribution in [2.75, 3.05) is 0 Å². The molecule has 0 saturated heterocycles. The summed E-state index contributed by atoms with van der Waals surface area (Å²) in [6, 6.07) is 67.4. The molecule has 4 saturated carbocycles. The van der Waals surface area contributed by atoms with Gasteiger partial charge in [-0.25, -0.2) is 9.97 Å². The Morgan fingerprint density at radius 1 is 0.500 bits per heavy atom. The van der Waals surface area contributed by atoms with E-state index in [4.69, 9.17) is 14.4 Å². The number of para-hydroxylation sites is 2. The van der Waals surface area contributed by atoms with Crippen molar-refractivity contribution in [3.63, 3.8) is 0 Å². The van der Waals surface area contributed by atoms with Gasteiger partial charge in [-0.05, 0) is 148 Å². The first kappa shape index (κ1) is 36.1. The van der Waals surface area contributed by atoms with Crippen LogP contribution in [-0.2, 0) is 5.41 Å². The Hall–Kier alpha value is -8.02. The number of aromatic nitrogens is 4. The monoisotopic (exact) mass is 870 g/mol. The summed E-state index contributed by atoms with van der Waals surface area (Å²) in [5.74, 6) is 3.67. The first-order valence-electron chi connectivity index (χ1n) is 24.5. The van der Waals surface area contributed by atoms with Crippen molar-refractivity contribution in [2.45, 2.75) is 31.1 Å². The Morgan fingerprint density at radius 2 is 1.22 bits per heavy atom. The summed E-state index contributed by atoms with van der Waals surface area (Å²) in [4.78, 5) is 11.1. The summed E-state index contributed by atoms with van der Waals surface area (Å²) < 4.78 is 11.7. The van der Waals surface area contributed by atoms with Gasteiger partial charge in [0.2, 0.25) is 5.95 Å². The molecule has 0 aliphatic heterocycles. The number of hydrogen-bond donors (Lipinski definition) is 0. The summed E-state index contributed by atoms with van der Waals surface area (Å²) in [6.45, 7) is 0. The van der Waals surface area contributed by atoms with Crippen LogP contribution < -0.4 is 0 Å². The molecule has 9 aromatic carbocycles. The van der Waals surface area contributed by atoms with Gasteiger partial charge in [-0.3, -0.25) is 4.57 Å². The largest absolute Gasteiger partial charge is 0.452 e. The van der Waals surface area contributed by atoms with Crippen molar-refractivity contribution in [2.24, 2.45) is 23.7 Å². The standard InChI is InChI=1S/C63H42N4O/c1-2-13-37-31-40(25-24-36(37)12-1)59-61-60(46-18-7-10-23-55(46)68-61)65-62(64-59)67-52-27-26-51-56(57(52)47-33-38-14-3-4-15-39(38)34-54(47)67)45-17-6-9-21-50(45)66(51)53-22-11-19-44-43-16-5-8-20-48(43)63(58(44)53)42-29-35-28-41(32-42)49(63)30-35/h1-27,31,33-35,41-42,49H,28-30,32H2. The molecular formula is C63H42N4O. The molecule has 5 heteroatoms. The molecule has 0 N–H and O–H groups in total. The highest BCUT2D eigenvalue weighted by Gasteiger charge is 2.66. The minimum Gasteiger partial charge on any atom is -0.452 e. The third kappa shape index (κ3) is 4.39. The van der Waals surface area contributed by atoms with Crippen molar-refractivity contribution in [3.05, 3.63) is 193 Å². The maximum Gasteiger partial charge on any atom is 0.236 e. The van der Waals surface area contributed by atoms with Crippen LogP contribution in [0.2, 0.25) is 0 Å². The van der Waals surface area contributed by atoms with E-state index in [0.29, 0.717) is 23.4 Å². The molecule has 0 radical (unpaired) electrons. The molecule has 320 valence electrons. The first-order chi connectivity index (χ1) is 33.7. The number of nitrogens with zero attached hydrogens (tertiary/aromatic N) is 4. The van der Waals surface area contributed by atoms with E-state index in [1.54, 1.807) is 11.1 Å². The van der Waals surface area contributed by atoms with Crippen molar-refractivity contribution >= 4 is 87.2 Å². The van der Waals surface area contributed by atoms with Crippen LogP contribution in [0.5, 0.6) is 0 Å². The van der Waals surface area contributed by atoms with Gasteiger partial charge in [0.25, 0.3) is 0 Å². The topological polar surface area (TPSA) is 48.8 Å². The van der Waals surface area contributed by atoms with Crippen LogP contribution in [0.1, 0.15) is 36.8 Å². The van der Waals surface area contributed by atoms with Gasteiger partial charge >= 0.3 is 0 Å². The molecule has 68 heavy (non-hydrogen) atoms. The fourth-order valence-corrected chi connectivity index (χ4v) is 15.1. The summed E-state index contributed by atoms with van der Waals surface area (Å²) in [6.07, 6.45) is 5.47. The van der Waals surface area contributed by atoms with Gasteiger partial charge in [-0.2, -0.15) is 0 Å². The van der Waals surface area contributed by atoms with Gasteiger partial charge in [-0.15, -0.1) is 0 Å². The Kier molecular flexibility index (Phi) is 6.75. The molecule has 4 heterocycles. The molecule has 13 aromatic rings. The van der Waals surface area contributed by atoms with Crippen molar-refractivity contribution in [1.82, 2.24) is 19.1 Å². The van der Waals surface area contributed by atoms with Crippen LogP contribution in [0.4, 0.5) is 0 Å². The van der Waals surface area contributed by atoms with Crippen molar-refractivity contribution < 1.29 is 4.42 Å². The lowest BCUT2D eigenvalue weighted by Crippen LogP contribution is -2.41. The highest BCUT2D eigenvalue weighted by Crippen LogP contribution is 2.73. The molecule has 4 aromatic heterocycles. The Labute approximate surface area is 390 Å². The summed E-state index contributed by atoms with van der Waals surface area (Å²) in [5.41, 5.74) is 16.1. The predicted molar refractivity (Wildman–Crippen MR) is 277 cm³/mol. The lowest BCUT2D eigenvalue weighted by Gasteiger charge is -2.44. The predicted octanol–water partition coefficient (Wildman–Crippen LogP) is 15.9. The zero-order valence-electron chi connectivity index (χ0n) is 37.2. The lowest BCUT2D eigenvalue weighted by molar-refractivity contribution is 0.190. The Morgan fingerprint density at radius 3 is 2.10 bits per heavy atom. The van der Waals surface area contributed by atoms with Gasteiger partial charge in [0.05, 0.1) is 27.8 Å². The number of rotatable bonds is 3. The van der Waals surface area contributed by atoms with Crippen molar-refractivity contribution in [3.8, 4) is 34.0 Å². The van der Waals surface area contributed by atoms with Crippen LogP contribution in [0, 0.1) is 23.7 Å². The normalized spacial score (nSPS) is 21.4. The molecule has 5 nitrogen and oxygen atoms in total. The fourth-order valence-electron chi connectivity index (χ4n) is 15.1. The van der Waals surface area contributed by atoms with E-state index in [1.807, 2.05) is 12.1 Å². The average molecular weight is 871 g/mol. The minimum absolute atomic E-state index is 0.0346. The molecule has 5 aliphatic rings. The second kappa shape index (κ2) is 12.7. The smallest absolute Gasteiger partial charge is 0.236 e. The second-order valence-electron chi connectivity index (χ2n) is 20.5. The maximum atomic E-state index is 6.69. The molecule has 1 spiro atoms. The summed E-state index contributed by atoms with van der Waals surface area (Å²) in [7, 11) is 0. The molecule has 5 unspecified atom stereocenters. The highest BCUT2D eigenvalue weighted by atomic mass is 16.3. The number of furan rings is 1. The van der Waals surface area contributed by atoms with Crippen LogP contribution in [0.3, 0.4) is 0 Å². The van der Waals surface area contributed by atoms with E-state index in [2.05, 4.69) is 179 Å². The number of hydrogen-bond acceptors (Lipinski definition) is 3. The van der Waals surface area contributed by atoms with E-state index in [-0.39, 0.29) is 5.41 Å². The van der Waals surface area contributed by atoms with Gasteiger partial charge < -0.3 is 8.98 Å². The van der Waals surface area contributed by atoms with E-state index in [0.717, 1.165) is 56.0 Å². The highest BCUT2D eigenvalue weighted by molar-refractivity contribution is 6.30. The molecule has 0 amide bonds. The molecule has 4 fully saturated rings. The van der Waals surface area contributed by atoms with E-state index in [9.17, 15) is 0 Å². The molecule has 5 aliphatic carbocycles. The quantitative estimate of drug-likeness (QED) is 0.178. The van der Waals surface area contributed by atoms with Crippen LogP contribution in [0.15, 0.2) is 186 Å². The number of fused-ring (bicyclic) bond motifs is 15. The van der Waals surface area contributed by atoms with E-state index >= 15 is 0 Å². The van der Waals surface area contributed by atoms with Crippen molar-refractivity contribution in [1.29, 1.82) is 0 Å². The Bertz CT molecular complexity index is 4390. The van der Waals surface area contributed by atoms with Gasteiger partial charge in [0, 0.05) is 37.9 Å². The minimum atomic E-state index is 0.0346. The molecular weight excluding hydrogens is 829 g/mol.